The number of methoxy groups -OCH3 is 1. The standard InChI is InChI=1S/C20H21N3O6S2/c1-3-29-19(25)16-12-6-4-5-7-15(12)31-18(16)22-20(30)21-17(24)11-8-9-14(28-2)13(10-11)23(26)27/h8-10H,3-7H2,1-2H3,(H2,21,22,24,30). The highest BCUT2D eigenvalue weighted by Crippen LogP contribution is 2.38. The number of benzene rings is 1. The second-order valence-electron chi connectivity index (χ2n) is 6.69. The van der Waals surface area contributed by atoms with Crippen molar-refractivity contribution in [3.8, 4) is 5.75 Å². The van der Waals surface area contributed by atoms with Crippen LogP contribution in [0.25, 0.3) is 0 Å². The van der Waals surface area contributed by atoms with Crippen molar-refractivity contribution in [1.29, 1.82) is 0 Å². The molecule has 0 fully saturated rings. The molecule has 0 radical (unpaired) electrons. The van der Waals surface area contributed by atoms with E-state index in [1.54, 1.807) is 6.92 Å². The Balaban J connectivity index is 1.79. The van der Waals surface area contributed by atoms with Gasteiger partial charge in [0.25, 0.3) is 5.91 Å². The maximum absolute atomic E-state index is 12.5. The predicted molar refractivity (Wildman–Crippen MR) is 120 cm³/mol. The third-order valence-corrected chi connectivity index (χ3v) is 6.15. The first-order valence-electron chi connectivity index (χ1n) is 9.62. The molecule has 0 saturated heterocycles. The van der Waals surface area contributed by atoms with E-state index >= 15 is 0 Å². The molecule has 1 aromatic carbocycles. The summed E-state index contributed by atoms with van der Waals surface area (Å²) >= 11 is 6.67. The number of fused-ring (bicyclic) bond motifs is 1. The molecule has 11 heteroatoms. The summed E-state index contributed by atoms with van der Waals surface area (Å²) in [5, 5.41) is 17.1. The van der Waals surface area contributed by atoms with Gasteiger partial charge in [-0.1, -0.05) is 0 Å². The van der Waals surface area contributed by atoms with Crippen LogP contribution in [0, 0.1) is 10.1 Å². The predicted octanol–water partition coefficient (Wildman–Crippen LogP) is 3.85. The zero-order chi connectivity index (χ0) is 22.5. The van der Waals surface area contributed by atoms with E-state index in [0.29, 0.717) is 10.6 Å². The van der Waals surface area contributed by atoms with Crippen LogP contribution >= 0.6 is 23.6 Å². The highest BCUT2D eigenvalue weighted by molar-refractivity contribution is 7.80. The molecule has 1 amide bonds. The Labute approximate surface area is 187 Å². The third-order valence-electron chi connectivity index (χ3n) is 4.74. The number of nitro benzene ring substituents is 1. The van der Waals surface area contributed by atoms with Crippen LogP contribution in [0.5, 0.6) is 5.75 Å². The molecule has 0 bridgehead atoms. The van der Waals surface area contributed by atoms with Gasteiger partial charge in [-0.25, -0.2) is 4.79 Å². The first-order valence-corrected chi connectivity index (χ1v) is 10.8. The van der Waals surface area contributed by atoms with E-state index in [9.17, 15) is 19.7 Å². The third kappa shape index (κ3) is 5.00. The van der Waals surface area contributed by atoms with Gasteiger partial charge in [0, 0.05) is 16.5 Å². The summed E-state index contributed by atoms with van der Waals surface area (Å²) in [7, 11) is 1.31. The van der Waals surface area contributed by atoms with Crippen LogP contribution in [0.4, 0.5) is 10.7 Å². The molecule has 0 spiro atoms. The molecule has 0 unspecified atom stereocenters. The maximum atomic E-state index is 12.5. The molecule has 1 aliphatic carbocycles. The number of thiophene rings is 1. The number of rotatable bonds is 6. The number of nitro groups is 1. The van der Waals surface area contributed by atoms with Crippen molar-refractivity contribution < 1.29 is 24.0 Å². The summed E-state index contributed by atoms with van der Waals surface area (Å²) in [5.74, 6) is -1.00. The average Bonchev–Trinajstić information content (AvgIpc) is 3.10. The molecule has 3 rings (SSSR count). The topological polar surface area (TPSA) is 120 Å². The lowest BCUT2D eigenvalue weighted by Gasteiger charge is -2.13. The Morgan fingerprint density at radius 2 is 2.03 bits per heavy atom. The highest BCUT2D eigenvalue weighted by Gasteiger charge is 2.27. The fraction of sp³-hybridized carbons (Fsp3) is 0.350. The molecule has 164 valence electrons. The second-order valence-corrected chi connectivity index (χ2v) is 8.20. The van der Waals surface area contributed by atoms with Crippen molar-refractivity contribution in [3.05, 3.63) is 49.9 Å². The molecular weight excluding hydrogens is 442 g/mol. The number of esters is 1. The number of carbonyl (C=O) groups is 2. The lowest BCUT2D eigenvalue weighted by molar-refractivity contribution is -0.385. The summed E-state index contributed by atoms with van der Waals surface area (Å²) < 4.78 is 10.1. The Hall–Kier alpha value is -3.05. The van der Waals surface area contributed by atoms with Gasteiger partial charge in [-0.15, -0.1) is 11.3 Å². The molecule has 0 saturated carbocycles. The highest BCUT2D eigenvalue weighted by atomic mass is 32.1. The van der Waals surface area contributed by atoms with E-state index in [0.717, 1.165) is 42.2 Å². The van der Waals surface area contributed by atoms with E-state index < -0.39 is 16.8 Å². The number of nitrogens with zero attached hydrogens (tertiary/aromatic N) is 1. The van der Waals surface area contributed by atoms with Gasteiger partial charge in [-0.2, -0.15) is 0 Å². The van der Waals surface area contributed by atoms with Crippen LogP contribution in [-0.2, 0) is 17.6 Å². The first-order chi connectivity index (χ1) is 14.8. The maximum Gasteiger partial charge on any atom is 0.341 e. The molecule has 1 aromatic heterocycles. The number of amides is 1. The Morgan fingerprint density at radius 1 is 1.29 bits per heavy atom. The van der Waals surface area contributed by atoms with Crippen molar-refractivity contribution in [2.45, 2.75) is 32.6 Å². The van der Waals surface area contributed by atoms with Crippen molar-refractivity contribution >= 4 is 51.2 Å². The van der Waals surface area contributed by atoms with Gasteiger partial charge < -0.3 is 14.8 Å². The Bertz CT molecular complexity index is 1050. The Morgan fingerprint density at radius 3 is 2.71 bits per heavy atom. The molecular formula is C20H21N3O6S2. The zero-order valence-electron chi connectivity index (χ0n) is 17.0. The van der Waals surface area contributed by atoms with Crippen LogP contribution < -0.4 is 15.4 Å². The lowest BCUT2D eigenvalue weighted by atomic mass is 9.95. The number of hydrogen-bond acceptors (Lipinski definition) is 8. The Kier molecular flexibility index (Phi) is 7.18. The smallest absolute Gasteiger partial charge is 0.341 e. The van der Waals surface area contributed by atoms with Crippen LogP contribution in [0.2, 0.25) is 0 Å². The van der Waals surface area contributed by atoms with Crippen LogP contribution in [0.3, 0.4) is 0 Å². The van der Waals surface area contributed by atoms with E-state index in [1.807, 2.05) is 0 Å². The number of aryl methyl sites for hydroxylation is 1. The van der Waals surface area contributed by atoms with Crippen molar-refractivity contribution in [3.63, 3.8) is 0 Å². The summed E-state index contributed by atoms with van der Waals surface area (Å²) in [6.07, 6.45) is 3.71. The van der Waals surface area contributed by atoms with Gasteiger partial charge in [0.2, 0.25) is 0 Å². The van der Waals surface area contributed by atoms with E-state index in [1.165, 1.54) is 30.6 Å². The summed E-state index contributed by atoms with van der Waals surface area (Å²) in [6, 6.07) is 3.86. The minimum absolute atomic E-state index is 0.0207. The average molecular weight is 464 g/mol. The molecule has 1 heterocycles. The molecule has 0 atom stereocenters. The van der Waals surface area contributed by atoms with E-state index in [2.05, 4.69) is 10.6 Å². The molecule has 2 N–H and O–H groups in total. The van der Waals surface area contributed by atoms with Crippen LogP contribution in [-0.4, -0.2) is 35.6 Å². The normalized spacial score (nSPS) is 12.5. The number of anilines is 1. The summed E-state index contributed by atoms with van der Waals surface area (Å²) in [4.78, 5) is 36.7. The quantitative estimate of drug-likeness (QED) is 0.287. The first kappa shape index (κ1) is 22.6. The summed E-state index contributed by atoms with van der Waals surface area (Å²) in [5.41, 5.74) is 1.15. The molecule has 0 aliphatic heterocycles. The molecule has 9 nitrogen and oxygen atoms in total. The van der Waals surface area contributed by atoms with Crippen molar-refractivity contribution in [2.24, 2.45) is 0 Å². The van der Waals surface area contributed by atoms with Gasteiger partial charge in [0.1, 0.15) is 5.00 Å². The van der Waals surface area contributed by atoms with Crippen LogP contribution in [0.1, 0.15) is 50.9 Å². The molecule has 1 aliphatic rings. The zero-order valence-corrected chi connectivity index (χ0v) is 18.6. The van der Waals surface area contributed by atoms with Gasteiger partial charge >= 0.3 is 11.7 Å². The number of thiocarbonyl (C=S) groups is 1. The van der Waals surface area contributed by atoms with Crippen molar-refractivity contribution in [1.82, 2.24) is 5.32 Å². The van der Waals surface area contributed by atoms with E-state index in [4.69, 9.17) is 21.7 Å². The fourth-order valence-corrected chi connectivity index (χ4v) is 4.90. The van der Waals surface area contributed by atoms with Crippen molar-refractivity contribution in [2.75, 3.05) is 19.0 Å². The van der Waals surface area contributed by atoms with Gasteiger partial charge in [0.15, 0.2) is 10.9 Å². The number of carbonyl (C=O) groups excluding carboxylic acids is 2. The lowest BCUT2D eigenvalue weighted by Crippen LogP contribution is -2.34. The minimum atomic E-state index is -0.631. The van der Waals surface area contributed by atoms with Gasteiger partial charge in [-0.05, 0) is 62.5 Å². The number of ether oxygens (including phenoxy) is 2. The SMILES string of the molecule is CCOC(=O)c1c(NC(=S)NC(=O)c2ccc(OC)c([N+](=O)[O-])c2)sc2c1CCCC2. The summed E-state index contributed by atoms with van der Waals surface area (Å²) in [6.45, 7) is 1.99. The number of nitrogens with one attached hydrogen (secondary N) is 2. The van der Waals surface area contributed by atoms with Gasteiger partial charge in [0.05, 0.1) is 24.2 Å². The minimum Gasteiger partial charge on any atom is -0.490 e. The van der Waals surface area contributed by atoms with Gasteiger partial charge in [-0.3, -0.25) is 20.2 Å². The largest absolute Gasteiger partial charge is 0.490 e. The monoisotopic (exact) mass is 463 g/mol. The fourth-order valence-electron chi connectivity index (χ4n) is 3.36. The number of hydrogen-bond donors (Lipinski definition) is 2. The van der Waals surface area contributed by atoms with Crippen LogP contribution in [0.15, 0.2) is 18.2 Å². The van der Waals surface area contributed by atoms with E-state index in [-0.39, 0.29) is 28.7 Å². The second kappa shape index (κ2) is 9.84. The molecule has 2 aromatic rings. The molecule has 31 heavy (non-hydrogen) atoms.